The highest BCUT2D eigenvalue weighted by Crippen LogP contribution is 2.38. The average Bonchev–Trinajstić information content (AvgIpc) is 3.17. The molecule has 7 aromatic rings. The summed E-state index contributed by atoms with van der Waals surface area (Å²) in [6.07, 6.45) is 1.69. The van der Waals surface area contributed by atoms with E-state index in [1.807, 2.05) is 140 Å². The monoisotopic (exact) mass is 683 g/mol. The summed E-state index contributed by atoms with van der Waals surface area (Å²) in [5.74, 6) is -1.05. The van der Waals surface area contributed by atoms with Crippen molar-refractivity contribution < 1.29 is 14.4 Å². The van der Waals surface area contributed by atoms with E-state index >= 15 is 0 Å². The lowest BCUT2D eigenvalue weighted by molar-refractivity contribution is -0.116. The van der Waals surface area contributed by atoms with Crippen LogP contribution >= 0.6 is 11.8 Å². The lowest BCUT2D eigenvalue weighted by Gasteiger charge is -2.18. The molecule has 0 saturated heterocycles. The Hall–Kier alpha value is -6.44. The normalized spacial score (nSPS) is 11.9. The summed E-state index contributed by atoms with van der Waals surface area (Å²) in [7, 11) is 0. The van der Waals surface area contributed by atoms with Gasteiger partial charge >= 0.3 is 0 Å². The Bertz CT molecular complexity index is 2380. The quantitative estimate of drug-likeness (QED) is 0.0990. The van der Waals surface area contributed by atoms with Gasteiger partial charge in [0.15, 0.2) is 0 Å². The van der Waals surface area contributed by atoms with E-state index < -0.39 is 17.1 Å². The van der Waals surface area contributed by atoms with E-state index in [4.69, 9.17) is 0 Å². The molecule has 0 aliphatic heterocycles. The van der Waals surface area contributed by atoms with Crippen LogP contribution in [-0.4, -0.2) is 17.7 Å². The van der Waals surface area contributed by atoms with Crippen molar-refractivity contribution in [3.05, 3.63) is 192 Å². The molecule has 0 bridgehead atoms. The number of nitrogens with one attached hydrogen (secondary N) is 3. The second kappa shape index (κ2) is 15.4. The van der Waals surface area contributed by atoms with Crippen molar-refractivity contribution in [1.29, 1.82) is 0 Å². The standard InChI is InChI=1S/C44H33N3O3S/c48-42(33-18-5-2-6-19-33)47-40(28-34-22-11-20-30-14-7-9-25-37(30)34)43(49)45-35-23-13-24-36(29-35)51-41(32-16-3-1-4-17-32)44(50)46-39-27-12-21-31-15-8-10-26-38(31)39/h1-29,41H,(H,45,49)(H,46,50)(H,47,48)/b40-28+. The van der Waals surface area contributed by atoms with E-state index in [9.17, 15) is 14.4 Å². The number of hydrogen-bond donors (Lipinski definition) is 3. The van der Waals surface area contributed by atoms with Gasteiger partial charge in [0.2, 0.25) is 5.91 Å². The van der Waals surface area contributed by atoms with Gasteiger partial charge in [0.05, 0.1) is 0 Å². The van der Waals surface area contributed by atoms with Gasteiger partial charge in [0.1, 0.15) is 10.9 Å². The summed E-state index contributed by atoms with van der Waals surface area (Å²) < 4.78 is 0. The first kappa shape index (κ1) is 33.1. The summed E-state index contributed by atoms with van der Waals surface area (Å²) >= 11 is 1.39. The van der Waals surface area contributed by atoms with Crippen LogP contribution in [0.25, 0.3) is 27.6 Å². The fourth-order valence-corrected chi connectivity index (χ4v) is 6.97. The predicted molar refractivity (Wildman–Crippen MR) is 209 cm³/mol. The summed E-state index contributed by atoms with van der Waals surface area (Å²) in [4.78, 5) is 41.9. The smallest absolute Gasteiger partial charge is 0.272 e. The van der Waals surface area contributed by atoms with E-state index in [0.717, 1.165) is 43.3 Å². The van der Waals surface area contributed by atoms with Crippen molar-refractivity contribution in [3.8, 4) is 0 Å². The minimum Gasteiger partial charge on any atom is -0.324 e. The SMILES string of the molecule is O=C(Nc1cccc(SC(C(=O)Nc2cccc3ccccc23)c2ccccc2)c1)/C(=C\c1cccc2ccccc12)NC(=O)c1ccccc1. The summed E-state index contributed by atoms with van der Waals surface area (Å²) in [5, 5.41) is 12.4. The van der Waals surface area contributed by atoms with Gasteiger partial charge in [0.25, 0.3) is 11.8 Å². The van der Waals surface area contributed by atoms with Crippen LogP contribution in [0.15, 0.2) is 180 Å². The maximum Gasteiger partial charge on any atom is 0.272 e. The highest BCUT2D eigenvalue weighted by Gasteiger charge is 2.23. The Morgan fingerprint density at radius 2 is 1.18 bits per heavy atom. The van der Waals surface area contributed by atoms with Crippen LogP contribution in [0.4, 0.5) is 11.4 Å². The molecule has 3 amide bonds. The summed E-state index contributed by atoms with van der Waals surface area (Å²) in [6, 6.07) is 53.3. The Balaban J connectivity index is 1.16. The molecule has 3 N–H and O–H groups in total. The number of hydrogen-bond acceptors (Lipinski definition) is 4. The van der Waals surface area contributed by atoms with E-state index in [-0.39, 0.29) is 11.6 Å². The first-order chi connectivity index (χ1) is 25.0. The number of fused-ring (bicyclic) bond motifs is 2. The minimum atomic E-state index is -0.580. The Morgan fingerprint density at radius 3 is 1.94 bits per heavy atom. The molecule has 0 radical (unpaired) electrons. The van der Waals surface area contributed by atoms with Gasteiger partial charge in [-0.15, -0.1) is 11.8 Å². The van der Waals surface area contributed by atoms with Gasteiger partial charge in [-0.3, -0.25) is 14.4 Å². The van der Waals surface area contributed by atoms with E-state index in [0.29, 0.717) is 11.3 Å². The second-order valence-electron chi connectivity index (χ2n) is 11.9. The molecule has 7 heteroatoms. The van der Waals surface area contributed by atoms with E-state index in [1.165, 1.54) is 11.8 Å². The first-order valence-corrected chi connectivity index (χ1v) is 17.4. The van der Waals surface area contributed by atoms with E-state index in [1.54, 1.807) is 36.4 Å². The topological polar surface area (TPSA) is 87.3 Å². The highest BCUT2D eigenvalue weighted by atomic mass is 32.2. The zero-order chi connectivity index (χ0) is 35.0. The van der Waals surface area contributed by atoms with Crippen molar-refractivity contribution in [2.45, 2.75) is 10.1 Å². The third-order valence-corrected chi connectivity index (χ3v) is 9.63. The van der Waals surface area contributed by atoms with Gasteiger partial charge in [-0.25, -0.2) is 0 Å². The Morgan fingerprint density at radius 1 is 0.569 bits per heavy atom. The molecule has 0 aliphatic carbocycles. The Labute approximate surface area is 300 Å². The lowest BCUT2D eigenvalue weighted by Crippen LogP contribution is -2.30. The molecule has 6 nitrogen and oxygen atoms in total. The fourth-order valence-electron chi connectivity index (χ4n) is 5.89. The molecule has 1 atom stereocenters. The van der Waals surface area contributed by atoms with E-state index in [2.05, 4.69) is 16.0 Å². The van der Waals surface area contributed by atoms with Crippen molar-refractivity contribution in [2.75, 3.05) is 10.6 Å². The lowest BCUT2D eigenvalue weighted by atomic mass is 10.0. The highest BCUT2D eigenvalue weighted by molar-refractivity contribution is 8.00. The van der Waals surface area contributed by atoms with Crippen molar-refractivity contribution in [1.82, 2.24) is 5.32 Å². The number of carbonyl (C=O) groups excluding carboxylic acids is 3. The molecule has 1 unspecified atom stereocenters. The molecule has 0 heterocycles. The molecule has 0 fully saturated rings. The first-order valence-electron chi connectivity index (χ1n) is 16.5. The third kappa shape index (κ3) is 7.90. The number of benzene rings is 7. The number of anilines is 2. The largest absolute Gasteiger partial charge is 0.324 e. The molecule has 7 rings (SSSR count). The Kier molecular flexibility index (Phi) is 9.99. The van der Waals surface area contributed by atoms with Gasteiger partial charge in [-0.2, -0.15) is 0 Å². The van der Waals surface area contributed by atoms with Crippen LogP contribution in [-0.2, 0) is 9.59 Å². The van der Waals surface area contributed by atoms with Gasteiger partial charge in [-0.05, 0) is 69.8 Å². The van der Waals surface area contributed by atoms with Crippen LogP contribution in [0, 0.1) is 0 Å². The summed E-state index contributed by atoms with van der Waals surface area (Å²) in [5.41, 5.74) is 3.42. The summed E-state index contributed by atoms with van der Waals surface area (Å²) in [6.45, 7) is 0. The van der Waals surface area contributed by atoms with Crippen molar-refractivity contribution in [2.24, 2.45) is 0 Å². The number of carbonyl (C=O) groups is 3. The molecule has 248 valence electrons. The number of amides is 3. The minimum absolute atomic E-state index is 0.0925. The van der Waals surface area contributed by atoms with Crippen LogP contribution in [0.5, 0.6) is 0 Å². The maximum atomic E-state index is 14.0. The van der Waals surface area contributed by atoms with Crippen LogP contribution in [0.3, 0.4) is 0 Å². The molecule has 0 aliphatic rings. The second-order valence-corrected chi connectivity index (χ2v) is 13.0. The average molecular weight is 684 g/mol. The van der Waals surface area contributed by atoms with Gasteiger partial charge < -0.3 is 16.0 Å². The molecule has 51 heavy (non-hydrogen) atoms. The maximum absolute atomic E-state index is 14.0. The van der Waals surface area contributed by atoms with Crippen LogP contribution in [0.2, 0.25) is 0 Å². The zero-order valence-electron chi connectivity index (χ0n) is 27.5. The number of rotatable bonds is 10. The molecule has 7 aromatic carbocycles. The zero-order valence-corrected chi connectivity index (χ0v) is 28.3. The molecule has 0 aromatic heterocycles. The molecule has 0 spiro atoms. The van der Waals surface area contributed by atoms with Crippen LogP contribution < -0.4 is 16.0 Å². The van der Waals surface area contributed by atoms with Gasteiger partial charge in [0, 0.05) is 27.2 Å². The van der Waals surface area contributed by atoms with Crippen LogP contribution in [0.1, 0.15) is 26.7 Å². The van der Waals surface area contributed by atoms with Crippen molar-refractivity contribution >= 4 is 68.5 Å². The fraction of sp³-hybridized carbons (Fsp3) is 0.0227. The number of thioether (sulfide) groups is 1. The molecule has 0 saturated carbocycles. The molecular weight excluding hydrogens is 651 g/mol. The van der Waals surface area contributed by atoms with Gasteiger partial charge in [-0.1, -0.05) is 133 Å². The third-order valence-electron chi connectivity index (χ3n) is 8.39. The predicted octanol–water partition coefficient (Wildman–Crippen LogP) is 9.87. The molecular formula is C44H33N3O3S. The van der Waals surface area contributed by atoms with Crippen molar-refractivity contribution in [3.63, 3.8) is 0 Å².